The van der Waals surface area contributed by atoms with Crippen molar-refractivity contribution in [2.75, 3.05) is 20.6 Å². The van der Waals surface area contributed by atoms with Crippen molar-refractivity contribution in [2.45, 2.75) is 19.9 Å². The van der Waals surface area contributed by atoms with Crippen molar-refractivity contribution in [3.63, 3.8) is 0 Å². The second-order valence-corrected chi connectivity index (χ2v) is 7.47. The molecule has 2 aromatic carbocycles. The Bertz CT molecular complexity index is 1010. The fourth-order valence-electron chi connectivity index (χ4n) is 3.34. The molecule has 1 heterocycles. The summed E-state index contributed by atoms with van der Waals surface area (Å²) >= 11 is 0. The summed E-state index contributed by atoms with van der Waals surface area (Å²) in [7, 11) is 4.03. The zero-order valence-electron chi connectivity index (χ0n) is 16.7. The Morgan fingerprint density at radius 1 is 1.11 bits per heavy atom. The van der Waals surface area contributed by atoms with E-state index in [2.05, 4.69) is 29.0 Å². The van der Waals surface area contributed by atoms with Crippen molar-refractivity contribution in [1.29, 1.82) is 0 Å². The molecule has 28 heavy (non-hydrogen) atoms. The standard InChI is InChI=1S/C22H26N4O2/c1-15(2)20(25(3)4)13-23-21(27)16-9-11-17(12-10-16)26-14-24-19-8-6-5-7-18(19)22(26)28/h5-12,14-15,20H,13H2,1-4H3,(H,23,27). The maximum absolute atomic E-state index is 12.7. The molecule has 3 rings (SSSR count). The minimum atomic E-state index is -0.131. The number of benzene rings is 2. The number of carbonyl (C=O) groups excluding carboxylic acids is 1. The first-order valence-electron chi connectivity index (χ1n) is 9.40. The first-order chi connectivity index (χ1) is 13.4. The predicted molar refractivity (Wildman–Crippen MR) is 112 cm³/mol. The van der Waals surface area contributed by atoms with E-state index in [0.29, 0.717) is 34.6 Å². The van der Waals surface area contributed by atoms with Crippen LogP contribution in [0.3, 0.4) is 0 Å². The molecule has 0 radical (unpaired) electrons. The smallest absolute Gasteiger partial charge is 0.265 e. The van der Waals surface area contributed by atoms with Gasteiger partial charge in [0.25, 0.3) is 11.5 Å². The van der Waals surface area contributed by atoms with Crippen molar-refractivity contribution >= 4 is 16.8 Å². The molecule has 1 unspecified atom stereocenters. The first kappa shape index (κ1) is 19.8. The van der Waals surface area contributed by atoms with Gasteiger partial charge in [0.15, 0.2) is 0 Å². The molecular weight excluding hydrogens is 352 g/mol. The summed E-state index contributed by atoms with van der Waals surface area (Å²) in [6.07, 6.45) is 1.52. The van der Waals surface area contributed by atoms with E-state index < -0.39 is 0 Å². The average molecular weight is 378 g/mol. The van der Waals surface area contributed by atoms with Crippen molar-refractivity contribution in [1.82, 2.24) is 19.8 Å². The molecule has 0 aliphatic carbocycles. The Morgan fingerprint density at radius 2 is 1.79 bits per heavy atom. The number of nitrogens with one attached hydrogen (secondary N) is 1. The van der Waals surface area contributed by atoms with Gasteiger partial charge in [-0.25, -0.2) is 4.98 Å². The Hall–Kier alpha value is -2.99. The number of amides is 1. The van der Waals surface area contributed by atoms with Crippen molar-refractivity contribution in [3.05, 3.63) is 70.8 Å². The van der Waals surface area contributed by atoms with Gasteiger partial charge in [-0.1, -0.05) is 26.0 Å². The Morgan fingerprint density at radius 3 is 2.43 bits per heavy atom. The van der Waals surface area contributed by atoms with Crippen molar-refractivity contribution in [3.8, 4) is 5.69 Å². The van der Waals surface area contributed by atoms with Crippen LogP contribution in [0.1, 0.15) is 24.2 Å². The quantitative estimate of drug-likeness (QED) is 0.716. The van der Waals surface area contributed by atoms with E-state index >= 15 is 0 Å². The van der Waals surface area contributed by atoms with E-state index in [-0.39, 0.29) is 17.5 Å². The summed E-state index contributed by atoms with van der Waals surface area (Å²) in [6.45, 7) is 4.86. The van der Waals surface area contributed by atoms with Gasteiger partial charge in [-0.15, -0.1) is 0 Å². The Kier molecular flexibility index (Phi) is 5.90. The molecule has 0 fully saturated rings. The third-order valence-corrected chi connectivity index (χ3v) is 4.98. The number of fused-ring (bicyclic) bond motifs is 1. The molecule has 1 aromatic heterocycles. The van der Waals surface area contributed by atoms with Crippen LogP contribution in [0.15, 0.2) is 59.7 Å². The lowest BCUT2D eigenvalue weighted by molar-refractivity contribution is 0.0934. The number of hydrogen-bond donors (Lipinski definition) is 1. The highest BCUT2D eigenvalue weighted by Crippen LogP contribution is 2.11. The molecule has 6 heteroatoms. The van der Waals surface area contributed by atoms with Crippen LogP contribution in [0.5, 0.6) is 0 Å². The van der Waals surface area contributed by atoms with E-state index in [4.69, 9.17) is 0 Å². The van der Waals surface area contributed by atoms with Crippen LogP contribution in [0.25, 0.3) is 16.6 Å². The molecule has 0 saturated heterocycles. The van der Waals surface area contributed by atoms with Crippen LogP contribution in [0.2, 0.25) is 0 Å². The van der Waals surface area contributed by atoms with E-state index in [1.807, 2.05) is 32.3 Å². The molecule has 0 saturated carbocycles. The summed E-state index contributed by atoms with van der Waals surface area (Å²) in [6, 6.07) is 14.5. The lowest BCUT2D eigenvalue weighted by Crippen LogP contribution is -2.43. The van der Waals surface area contributed by atoms with Gasteiger partial charge in [0.1, 0.15) is 6.33 Å². The van der Waals surface area contributed by atoms with E-state index in [0.717, 1.165) is 0 Å². The SMILES string of the molecule is CC(C)C(CNC(=O)c1ccc(-n2cnc3ccccc3c2=O)cc1)N(C)C. The van der Waals surface area contributed by atoms with Gasteiger partial charge < -0.3 is 10.2 Å². The summed E-state index contributed by atoms with van der Waals surface area (Å²) in [5.74, 6) is 0.313. The van der Waals surface area contributed by atoms with Gasteiger partial charge in [-0.2, -0.15) is 0 Å². The summed E-state index contributed by atoms with van der Waals surface area (Å²) < 4.78 is 1.49. The molecule has 6 nitrogen and oxygen atoms in total. The van der Waals surface area contributed by atoms with Gasteiger partial charge in [-0.3, -0.25) is 14.2 Å². The summed E-state index contributed by atoms with van der Waals surface area (Å²) in [5.41, 5.74) is 1.77. The van der Waals surface area contributed by atoms with Gasteiger partial charge in [0.05, 0.1) is 16.6 Å². The molecule has 0 spiro atoms. The third kappa shape index (κ3) is 4.12. The fourth-order valence-corrected chi connectivity index (χ4v) is 3.34. The molecule has 0 aliphatic heterocycles. The number of aromatic nitrogens is 2. The third-order valence-electron chi connectivity index (χ3n) is 4.98. The second-order valence-electron chi connectivity index (χ2n) is 7.47. The molecule has 0 bridgehead atoms. The van der Waals surface area contributed by atoms with Crippen LogP contribution in [0, 0.1) is 5.92 Å². The van der Waals surface area contributed by atoms with Gasteiger partial charge >= 0.3 is 0 Å². The minimum absolute atomic E-state index is 0.122. The highest BCUT2D eigenvalue weighted by Gasteiger charge is 2.17. The van der Waals surface area contributed by atoms with Gasteiger partial charge in [0, 0.05) is 18.2 Å². The zero-order valence-corrected chi connectivity index (χ0v) is 16.7. The van der Waals surface area contributed by atoms with Crippen LogP contribution in [0.4, 0.5) is 0 Å². The first-order valence-corrected chi connectivity index (χ1v) is 9.40. The van der Waals surface area contributed by atoms with Crippen molar-refractivity contribution < 1.29 is 4.79 Å². The molecular formula is C22H26N4O2. The lowest BCUT2D eigenvalue weighted by Gasteiger charge is -2.28. The largest absolute Gasteiger partial charge is 0.350 e. The Labute approximate surface area is 164 Å². The zero-order chi connectivity index (χ0) is 20.3. The van der Waals surface area contributed by atoms with Crippen LogP contribution < -0.4 is 10.9 Å². The highest BCUT2D eigenvalue weighted by molar-refractivity contribution is 5.94. The summed E-state index contributed by atoms with van der Waals surface area (Å²) in [4.78, 5) is 31.6. The Balaban J connectivity index is 1.78. The number of likely N-dealkylation sites (N-methyl/N-ethyl adjacent to an activating group) is 1. The summed E-state index contributed by atoms with van der Waals surface area (Å²) in [5, 5.41) is 3.56. The number of carbonyl (C=O) groups is 1. The number of hydrogen-bond acceptors (Lipinski definition) is 4. The van der Waals surface area contributed by atoms with Crippen LogP contribution in [-0.2, 0) is 0 Å². The molecule has 146 valence electrons. The normalized spacial score (nSPS) is 12.5. The molecule has 1 N–H and O–H groups in total. The van der Waals surface area contributed by atoms with Crippen LogP contribution >= 0.6 is 0 Å². The van der Waals surface area contributed by atoms with Crippen molar-refractivity contribution in [2.24, 2.45) is 5.92 Å². The number of rotatable bonds is 6. The predicted octanol–water partition coefficient (Wildman–Crippen LogP) is 2.70. The van der Waals surface area contributed by atoms with Gasteiger partial charge in [0.2, 0.25) is 0 Å². The molecule has 1 atom stereocenters. The monoisotopic (exact) mass is 378 g/mol. The maximum atomic E-state index is 12.7. The minimum Gasteiger partial charge on any atom is -0.350 e. The van der Waals surface area contributed by atoms with E-state index in [1.165, 1.54) is 10.9 Å². The lowest BCUT2D eigenvalue weighted by atomic mass is 10.0. The number of para-hydroxylation sites is 1. The van der Waals surface area contributed by atoms with Gasteiger partial charge in [-0.05, 0) is 56.4 Å². The molecule has 3 aromatic rings. The molecule has 0 aliphatic rings. The van der Waals surface area contributed by atoms with Crippen LogP contribution in [-0.4, -0.2) is 47.0 Å². The highest BCUT2D eigenvalue weighted by atomic mass is 16.1. The second kappa shape index (κ2) is 8.35. The topological polar surface area (TPSA) is 67.2 Å². The van der Waals surface area contributed by atoms with E-state index in [9.17, 15) is 9.59 Å². The molecule has 1 amide bonds. The maximum Gasteiger partial charge on any atom is 0.265 e. The average Bonchev–Trinajstić information content (AvgIpc) is 2.68. The number of nitrogens with zero attached hydrogens (tertiary/aromatic N) is 3. The van der Waals surface area contributed by atoms with E-state index in [1.54, 1.807) is 30.3 Å². The fraction of sp³-hybridized carbons (Fsp3) is 0.318.